The Morgan fingerprint density at radius 2 is 2.21 bits per heavy atom. The molecule has 0 radical (unpaired) electrons. The van der Waals surface area contributed by atoms with Crippen molar-refractivity contribution in [1.82, 2.24) is 4.72 Å². The molecule has 0 spiro atoms. The number of hydrogen-bond donors (Lipinski definition) is 2. The van der Waals surface area contributed by atoms with Gasteiger partial charge in [0.1, 0.15) is 4.90 Å². The molecule has 0 atom stereocenters. The molecule has 8 heteroatoms. The number of anilines is 1. The first-order valence-corrected chi connectivity index (χ1v) is 7.79. The van der Waals surface area contributed by atoms with E-state index in [0.29, 0.717) is 6.42 Å². The molecule has 0 aliphatic carbocycles. The molecule has 4 nitrogen and oxygen atoms in total. The van der Waals surface area contributed by atoms with Gasteiger partial charge in [0, 0.05) is 13.0 Å². The maximum Gasteiger partial charge on any atom is 0.243 e. The predicted molar refractivity (Wildman–Crippen MR) is 76.8 cm³/mol. The molecule has 1 rings (SSSR count). The van der Waals surface area contributed by atoms with Gasteiger partial charge in [0.05, 0.1) is 15.2 Å². The van der Waals surface area contributed by atoms with E-state index in [0.717, 1.165) is 6.07 Å². The average molecular weight is 370 g/mol. The van der Waals surface area contributed by atoms with Crippen LogP contribution in [0.15, 0.2) is 15.4 Å². The quantitative estimate of drug-likeness (QED) is 0.371. The standard InChI is InChI=1S/C11H11BrClFN2O2S/c1-2-3-4-5-16-19(17,18)8-6-7(13)9(12)11(15)10(8)14/h6,16H,4-5,15H2,1H3. The van der Waals surface area contributed by atoms with E-state index in [1.54, 1.807) is 6.92 Å². The van der Waals surface area contributed by atoms with Gasteiger partial charge in [-0.1, -0.05) is 11.6 Å². The molecule has 3 N–H and O–H groups in total. The Morgan fingerprint density at radius 3 is 2.79 bits per heavy atom. The van der Waals surface area contributed by atoms with Crippen LogP contribution in [0.3, 0.4) is 0 Å². The first-order chi connectivity index (χ1) is 8.81. The Balaban J connectivity index is 3.11. The van der Waals surface area contributed by atoms with E-state index in [4.69, 9.17) is 17.3 Å². The van der Waals surface area contributed by atoms with Gasteiger partial charge >= 0.3 is 0 Å². The number of nitrogens with two attached hydrogens (primary N) is 1. The molecule has 0 aromatic heterocycles. The minimum absolute atomic E-state index is 0.0209. The second kappa shape index (κ2) is 6.57. The number of nitrogen functional groups attached to an aromatic ring is 1. The highest BCUT2D eigenvalue weighted by atomic mass is 79.9. The van der Waals surface area contributed by atoms with Crippen molar-refractivity contribution in [3.8, 4) is 11.8 Å². The maximum absolute atomic E-state index is 13.9. The predicted octanol–water partition coefficient (Wildman–Crippen LogP) is 2.52. The lowest BCUT2D eigenvalue weighted by molar-refractivity contribution is 0.559. The fraction of sp³-hybridized carbons (Fsp3) is 0.273. The van der Waals surface area contributed by atoms with Gasteiger partial charge in [-0.3, -0.25) is 0 Å². The van der Waals surface area contributed by atoms with Crippen molar-refractivity contribution in [2.75, 3.05) is 12.3 Å². The third-order valence-electron chi connectivity index (χ3n) is 2.17. The molecular formula is C11H11BrClFN2O2S. The molecule has 1 aromatic rings. The molecule has 0 fully saturated rings. The van der Waals surface area contributed by atoms with E-state index in [1.807, 2.05) is 0 Å². The number of sulfonamides is 1. The molecule has 19 heavy (non-hydrogen) atoms. The maximum atomic E-state index is 13.9. The van der Waals surface area contributed by atoms with Crippen LogP contribution in [0.2, 0.25) is 5.02 Å². The van der Waals surface area contributed by atoms with Crippen LogP contribution in [0.25, 0.3) is 0 Å². The summed E-state index contributed by atoms with van der Waals surface area (Å²) in [5.74, 6) is 4.28. The van der Waals surface area contributed by atoms with Crippen molar-refractivity contribution in [3.05, 3.63) is 21.4 Å². The summed E-state index contributed by atoms with van der Waals surface area (Å²) < 4.78 is 40.0. The molecule has 0 heterocycles. The van der Waals surface area contributed by atoms with Crippen molar-refractivity contribution in [2.24, 2.45) is 0 Å². The fourth-order valence-electron chi connectivity index (χ4n) is 1.25. The number of hydrogen-bond acceptors (Lipinski definition) is 3. The zero-order valence-corrected chi connectivity index (χ0v) is 13.1. The lowest BCUT2D eigenvalue weighted by atomic mass is 10.3. The Hall–Kier alpha value is -0.810. The molecule has 0 unspecified atom stereocenters. The van der Waals surface area contributed by atoms with E-state index < -0.39 is 20.7 Å². The molecule has 0 amide bonds. The van der Waals surface area contributed by atoms with Gasteiger partial charge < -0.3 is 5.73 Å². The number of halogens is 3. The normalized spacial score (nSPS) is 10.9. The molecule has 1 aromatic carbocycles. The molecular weight excluding hydrogens is 359 g/mol. The number of benzene rings is 1. The van der Waals surface area contributed by atoms with Crippen molar-refractivity contribution in [2.45, 2.75) is 18.2 Å². The van der Waals surface area contributed by atoms with E-state index in [2.05, 4.69) is 32.5 Å². The highest BCUT2D eigenvalue weighted by Gasteiger charge is 2.23. The first-order valence-electron chi connectivity index (χ1n) is 5.13. The van der Waals surface area contributed by atoms with Gasteiger partial charge in [0.2, 0.25) is 10.0 Å². The minimum atomic E-state index is -4.01. The summed E-state index contributed by atoms with van der Waals surface area (Å²) in [6, 6.07) is 1.01. The van der Waals surface area contributed by atoms with Crippen molar-refractivity contribution < 1.29 is 12.8 Å². The number of rotatable bonds is 4. The largest absolute Gasteiger partial charge is 0.395 e. The molecule has 0 aliphatic heterocycles. The monoisotopic (exact) mass is 368 g/mol. The van der Waals surface area contributed by atoms with Crippen LogP contribution in [-0.4, -0.2) is 15.0 Å². The summed E-state index contributed by atoms with van der Waals surface area (Å²) in [7, 11) is -4.01. The third kappa shape index (κ3) is 3.83. The van der Waals surface area contributed by atoms with E-state index in [9.17, 15) is 12.8 Å². The highest BCUT2D eigenvalue weighted by Crippen LogP contribution is 2.34. The third-order valence-corrected chi connectivity index (χ3v) is 5.01. The van der Waals surface area contributed by atoms with E-state index in [-0.39, 0.29) is 21.7 Å². The molecule has 104 valence electrons. The summed E-state index contributed by atoms with van der Waals surface area (Å²) in [4.78, 5) is -0.581. The summed E-state index contributed by atoms with van der Waals surface area (Å²) in [5.41, 5.74) is 5.09. The Morgan fingerprint density at radius 1 is 1.58 bits per heavy atom. The summed E-state index contributed by atoms with van der Waals surface area (Å²) in [6.07, 6.45) is 0.330. The molecule has 0 saturated carbocycles. The van der Waals surface area contributed by atoms with E-state index >= 15 is 0 Å². The van der Waals surface area contributed by atoms with Gasteiger partial charge in [-0.15, -0.1) is 11.8 Å². The highest BCUT2D eigenvalue weighted by molar-refractivity contribution is 9.10. The molecule has 0 aliphatic rings. The number of nitrogens with one attached hydrogen (secondary N) is 1. The summed E-state index contributed by atoms with van der Waals surface area (Å²) in [5, 5.41) is 0.0209. The van der Waals surface area contributed by atoms with E-state index in [1.165, 1.54) is 0 Å². The molecule has 0 bridgehead atoms. The lowest BCUT2D eigenvalue weighted by Crippen LogP contribution is -2.26. The smallest absolute Gasteiger partial charge is 0.243 e. The first kappa shape index (κ1) is 16.2. The van der Waals surface area contributed by atoms with Crippen LogP contribution in [0.5, 0.6) is 0 Å². The summed E-state index contributed by atoms with van der Waals surface area (Å²) in [6.45, 7) is 1.72. The second-order valence-electron chi connectivity index (χ2n) is 3.47. The van der Waals surface area contributed by atoms with Gasteiger partial charge in [-0.05, 0) is 28.9 Å². The topological polar surface area (TPSA) is 72.2 Å². The SMILES string of the molecule is CC#CCCNS(=O)(=O)c1cc(Cl)c(Br)c(N)c1F. The second-order valence-corrected chi connectivity index (χ2v) is 6.41. The Bertz CT molecular complexity index is 653. The van der Waals surface area contributed by atoms with Crippen molar-refractivity contribution in [1.29, 1.82) is 0 Å². The lowest BCUT2D eigenvalue weighted by Gasteiger charge is -2.10. The van der Waals surface area contributed by atoms with Gasteiger partial charge in [0.15, 0.2) is 5.82 Å². The van der Waals surface area contributed by atoms with Crippen LogP contribution in [-0.2, 0) is 10.0 Å². The Kier molecular flexibility index (Phi) is 5.62. The summed E-state index contributed by atoms with van der Waals surface area (Å²) >= 11 is 8.75. The van der Waals surface area contributed by atoms with Crippen LogP contribution in [0, 0.1) is 17.7 Å². The zero-order chi connectivity index (χ0) is 14.6. The minimum Gasteiger partial charge on any atom is -0.395 e. The zero-order valence-electron chi connectivity index (χ0n) is 9.93. The molecule has 0 saturated heterocycles. The van der Waals surface area contributed by atoms with Crippen molar-refractivity contribution >= 4 is 43.2 Å². The Labute approximate surface area is 124 Å². The van der Waals surface area contributed by atoms with Gasteiger partial charge in [0.25, 0.3) is 0 Å². The average Bonchev–Trinajstić information content (AvgIpc) is 2.36. The van der Waals surface area contributed by atoms with Crippen LogP contribution in [0.4, 0.5) is 10.1 Å². The van der Waals surface area contributed by atoms with Crippen LogP contribution < -0.4 is 10.5 Å². The van der Waals surface area contributed by atoms with Crippen LogP contribution in [0.1, 0.15) is 13.3 Å². The van der Waals surface area contributed by atoms with Gasteiger partial charge in [-0.25, -0.2) is 17.5 Å². The van der Waals surface area contributed by atoms with Gasteiger partial charge in [-0.2, -0.15) is 0 Å². The fourth-order valence-corrected chi connectivity index (χ4v) is 2.96. The van der Waals surface area contributed by atoms with Crippen LogP contribution >= 0.6 is 27.5 Å². The van der Waals surface area contributed by atoms with Crippen molar-refractivity contribution in [3.63, 3.8) is 0 Å².